The summed E-state index contributed by atoms with van der Waals surface area (Å²) >= 11 is 1.58. The normalized spacial score (nSPS) is 10.6. The van der Waals surface area contributed by atoms with E-state index in [9.17, 15) is 4.79 Å². The molecule has 0 bridgehead atoms. The smallest absolute Gasteiger partial charge is 0.220 e. The van der Waals surface area contributed by atoms with Gasteiger partial charge in [-0.05, 0) is 38.3 Å². The van der Waals surface area contributed by atoms with Gasteiger partial charge in [-0.2, -0.15) is 0 Å². The molecule has 3 nitrogen and oxygen atoms in total. The molecular weight excluding hydrogens is 268 g/mol. The first-order chi connectivity index (χ1) is 9.54. The molecule has 4 heteroatoms. The minimum Gasteiger partial charge on any atom is -0.350 e. The highest BCUT2D eigenvalue weighted by molar-refractivity contribution is 7.09. The number of carbonyl (C=O) groups excluding carboxylic acids is 1. The maximum Gasteiger partial charge on any atom is 0.220 e. The van der Waals surface area contributed by atoms with Crippen LogP contribution >= 0.6 is 11.3 Å². The molecule has 0 aliphatic carbocycles. The van der Waals surface area contributed by atoms with Crippen LogP contribution in [0, 0.1) is 20.8 Å². The Morgan fingerprint density at radius 3 is 2.75 bits per heavy atom. The van der Waals surface area contributed by atoms with Crippen LogP contribution in [0.1, 0.15) is 33.8 Å². The van der Waals surface area contributed by atoms with Gasteiger partial charge in [0, 0.05) is 17.5 Å². The minimum atomic E-state index is 0.0813. The van der Waals surface area contributed by atoms with Crippen molar-refractivity contribution in [2.45, 2.75) is 40.2 Å². The highest BCUT2D eigenvalue weighted by Crippen LogP contribution is 2.13. The van der Waals surface area contributed by atoms with Gasteiger partial charge in [0.15, 0.2) is 0 Å². The van der Waals surface area contributed by atoms with Crippen LogP contribution in [-0.2, 0) is 17.8 Å². The molecule has 2 rings (SSSR count). The van der Waals surface area contributed by atoms with Crippen molar-refractivity contribution in [1.82, 2.24) is 10.3 Å². The van der Waals surface area contributed by atoms with Crippen LogP contribution in [0.15, 0.2) is 23.6 Å². The molecule has 0 unspecified atom stereocenters. The molecule has 0 atom stereocenters. The molecule has 1 heterocycles. The van der Waals surface area contributed by atoms with E-state index in [0.29, 0.717) is 13.0 Å². The third kappa shape index (κ3) is 4.17. The first-order valence-electron chi connectivity index (χ1n) is 6.78. The Labute approximate surface area is 124 Å². The fourth-order valence-electron chi connectivity index (χ4n) is 2.12. The summed E-state index contributed by atoms with van der Waals surface area (Å²) in [5, 5.41) is 5.88. The lowest BCUT2D eigenvalue weighted by Crippen LogP contribution is -2.23. The van der Waals surface area contributed by atoms with Crippen molar-refractivity contribution in [2.75, 3.05) is 0 Å². The molecule has 0 fully saturated rings. The van der Waals surface area contributed by atoms with E-state index in [-0.39, 0.29) is 5.91 Å². The quantitative estimate of drug-likeness (QED) is 0.917. The number of aromatic nitrogens is 1. The minimum absolute atomic E-state index is 0.0813. The second-order valence-electron chi connectivity index (χ2n) is 5.09. The molecule has 1 aromatic heterocycles. The Hall–Kier alpha value is -1.68. The van der Waals surface area contributed by atoms with Crippen LogP contribution in [0.5, 0.6) is 0 Å². The van der Waals surface area contributed by atoms with Gasteiger partial charge >= 0.3 is 0 Å². The lowest BCUT2D eigenvalue weighted by Gasteiger charge is -2.07. The molecule has 0 spiro atoms. The van der Waals surface area contributed by atoms with Crippen molar-refractivity contribution in [3.8, 4) is 0 Å². The number of rotatable bonds is 5. The van der Waals surface area contributed by atoms with Crippen molar-refractivity contribution < 1.29 is 4.79 Å². The second-order valence-corrected chi connectivity index (χ2v) is 6.03. The van der Waals surface area contributed by atoms with Gasteiger partial charge in [-0.1, -0.05) is 23.8 Å². The number of hydrogen-bond donors (Lipinski definition) is 1. The number of hydrogen-bond acceptors (Lipinski definition) is 3. The summed E-state index contributed by atoms with van der Waals surface area (Å²) in [5.74, 6) is 0.0813. The first-order valence-corrected chi connectivity index (χ1v) is 7.66. The number of nitrogens with zero attached hydrogens (tertiary/aromatic N) is 1. The van der Waals surface area contributed by atoms with E-state index in [1.54, 1.807) is 11.3 Å². The standard InChI is InChI=1S/C16H20N2OS/c1-11-4-5-14(12(2)8-11)6-7-15(19)17-9-16-18-13(3)10-20-16/h4-5,8,10H,6-7,9H2,1-3H3,(H,17,19). The Morgan fingerprint density at radius 2 is 2.10 bits per heavy atom. The number of benzene rings is 1. The third-order valence-electron chi connectivity index (χ3n) is 3.22. The molecule has 0 aliphatic heterocycles. The van der Waals surface area contributed by atoms with Gasteiger partial charge in [0.05, 0.1) is 6.54 Å². The Bertz CT molecular complexity index is 604. The van der Waals surface area contributed by atoms with Crippen LogP contribution in [-0.4, -0.2) is 10.9 Å². The van der Waals surface area contributed by atoms with E-state index in [0.717, 1.165) is 17.1 Å². The van der Waals surface area contributed by atoms with Crippen LogP contribution < -0.4 is 5.32 Å². The maximum absolute atomic E-state index is 11.8. The molecule has 0 radical (unpaired) electrons. The van der Waals surface area contributed by atoms with Gasteiger partial charge in [0.1, 0.15) is 5.01 Å². The van der Waals surface area contributed by atoms with Crippen molar-refractivity contribution in [2.24, 2.45) is 0 Å². The SMILES string of the molecule is Cc1ccc(CCC(=O)NCc2nc(C)cs2)c(C)c1. The average Bonchev–Trinajstić information content (AvgIpc) is 2.81. The Morgan fingerprint density at radius 1 is 1.30 bits per heavy atom. The summed E-state index contributed by atoms with van der Waals surface area (Å²) in [6.07, 6.45) is 1.31. The molecular formula is C16H20N2OS. The van der Waals surface area contributed by atoms with Crippen molar-refractivity contribution in [3.05, 3.63) is 51.0 Å². The third-order valence-corrected chi connectivity index (χ3v) is 4.19. The molecule has 2 aromatic rings. The fraction of sp³-hybridized carbons (Fsp3) is 0.375. The summed E-state index contributed by atoms with van der Waals surface area (Å²) in [6.45, 7) is 6.67. The summed E-state index contributed by atoms with van der Waals surface area (Å²) < 4.78 is 0. The van der Waals surface area contributed by atoms with Gasteiger partial charge in [-0.15, -0.1) is 11.3 Å². The van der Waals surface area contributed by atoms with Crippen molar-refractivity contribution >= 4 is 17.2 Å². The van der Waals surface area contributed by atoms with Gasteiger partial charge in [0.25, 0.3) is 0 Å². The van der Waals surface area contributed by atoms with E-state index >= 15 is 0 Å². The second kappa shape index (κ2) is 6.66. The summed E-state index contributed by atoms with van der Waals surface area (Å²) in [6, 6.07) is 6.37. The highest BCUT2D eigenvalue weighted by atomic mass is 32.1. The topological polar surface area (TPSA) is 42.0 Å². The zero-order valence-corrected chi connectivity index (χ0v) is 13.0. The molecule has 106 valence electrons. The zero-order valence-electron chi connectivity index (χ0n) is 12.2. The van der Waals surface area contributed by atoms with Gasteiger partial charge < -0.3 is 5.32 Å². The molecule has 20 heavy (non-hydrogen) atoms. The summed E-state index contributed by atoms with van der Waals surface area (Å²) in [4.78, 5) is 16.2. The van der Waals surface area contributed by atoms with E-state index in [4.69, 9.17) is 0 Å². The zero-order chi connectivity index (χ0) is 14.5. The van der Waals surface area contributed by atoms with Crippen LogP contribution in [0.2, 0.25) is 0 Å². The van der Waals surface area contributed by atoms with E-state index in [1.807, 2.05) is 12.3 Å². The van der Waals surface area contributed by atoms with Gasteiger partial charge in [0.2, 0.25) is 5.91 Å². The molecule has 0 saturated carbocycles. The van der Waals surface area contributed by atoms with Crippen LogP contribution in [0.4, 0.5) is 0 Å². The number of carbonyl (C=O) groups is 1. The maximum atomic E-state index is 11.8. The largest absolute Gasteiger partial charge is 0.350 e. The Balaban J connectivity index is 1.80. The van der Waals surface area contributed by atoms with Crippen molar-refractivity contribution in [3.63, 3.8) is 0 Å². The van der Waals surface area contributed by atoms with Gasteiger partial charge in [-0.3, -0.25) is 4.79 Å². The number of thiazole rings is 1. The van der Waals surface area contributed by atoms with Gasteiger partial charge in [-0.25, -0.2) is 4.98 Å². The van der Waals surface area contributed by atoms with E-state index < -0.39 is 0 Å². The number of nitrogens with one attached hydrogen (secondary N) is 1. The predicted octanol–water partition coefficient (Wildman–Crippen LogP) is 3.32. The molecule has 0 saturated heterocycles. The molecule has 1 N–H and O–H groups in total. The predicted molar refractivity (Wildman–Crippen MR) is 82.9 cm³/mol. The lowest BCUT2D eigenvalue weighted by atomic mass is 10.0. The monoisotopic (exact) mass is 288 g/mol. The van der Waals surface area contributed by atoms with Crippen LogP contribution in [0.25, 0.3) is 0 Å². The fourth-order valence-corrected chi connectivity index (χ4v) is 2.83. The molecule has 0 aliphatic rings. The summed E-state index contributed by atoms with van der Waals surface area (Å²) in [7, 11) is 0. The first kappa shape index (κ1) is 14.7. The highest BCUT2D eigenvalue weighted by Gasteiger charge is 2.06. The number of amides is 1. The van der Waals surface area contributed by atoms with E-state index in [1.165, 1.54) is 16.7 Å². The number of aryl methyl sites for hydroxylation is 4. The van der Waals surface area contributed by atoms with Crippen LogP contribution in [0.3, 0.4) is 0 Å². The Kier molecular flexibility index (Phi) is 4.90. The lowest BCUT2D eigenvalue weighted by molar-refractivity contribution is -0.121. The molecule has 1 aromatic carbocycles. The molecule has 1 amide bonds. The van der Waals surface area contributed by atoms with Crippen molar-refractivity contribution in [1.29, 1.82) is 0 Å². The average molecular weight is 288 g/mol. The van der Waals surface area contributed by atoms with E-state index in [2.05, 4.69) is 42.3 Å². The summed E-state index contributed by atoms with van der Waals surface area (Å²) in [5.41, 5.74) is 4.77.